The number of hydrogen-bond acceptors (Lipinski definition) is 5. The van der Waals surface area contributed by atoms with Crippen LogP contribution in [0.3, 0.4) is 0 Å². The minimum Gasteiger partial charge on any atom is -0.464 e. The van der Waals surface area contributed by atoms with E-state index in [9.17, 15) is 9.59 Å². The molecule has 0 bridgehead atoms. The van der Waals surface area contributed by atoms with E-state index in [-0.39, 0.29) is 18.7 Å². The van der Waals surface area contributed by atoms with Gasteiger partial charge < -0.3 is 10.1 Å². The quantitative estimate of drug-likeness (QED) is 0.571. The maximum Gasteiger partial charge on any atom is 0.331 e. The number of halogens is 2. The number of aryl methyl sites for hydroxylation is 1. The van der Waals surface area contributed by atoms with Crippen LogP contribution in [0.2, 0.25) is 0 Å². The summed E-state index contributed by atoms with van der Waals surface area (Å²) in [6.07, 6.45) is 1.93. The van der Waals surface area contributed by atoms with Gasteiger partial charge >= 0.3 is 5.97 Å². The number of esters is 1. The van der Waals surface area contributed by atoms with Crippen molar-refractivity contribution in [2.45, 2.75) is 50.5 Å². The Balaban J connectivity index is 2.92. The predicted octanol–water partition coefficient (Wildman–Crippen LogP) is 1.93. The number of aromatic nitrogens is 3. The van der Waals surface area contributed by atoms with E-state index in [0.29, 0.717) is 13.0 Å². The first-order chi connectivity index (χ1) is 10.3. The lowest BCUT2D eigenvalue weighted by Crippen LogP contribution is -2.53. The van der Waals surface area contributed by atoms with Crippen LogP contribution in [0, 0.1) is 0 Å². The number of amides is 1. The molecule has 1 rings (SSSR count). The van der Waals surface area contributed by atoms with Crippen LogP contribution < -0.4 is 5.32 Å². The van der Waals surface area contributed by atoms with E-state index < -0.39 is 22.3 Å². The zero-order chi connectivity index (χ0) is 16.8. The van der Waals surface area contributed by atoms with Crippen LogP contribution in [0.1, 0.15) is 44.1 Å². The molecule has 1 heterocycles. The normalized spacial score (nSPS) is 13.7. The smallest absolute Gasteiger partial charge is 0.331 e. The van der Waals surface area contributed by atoms with Gasteiger partial charge in [-0.05, 0) is 33.6 Å². The van der Waals surface area contributed by atoms with Crippen LogP contribution in [0.15, 0.2) is 6.20 Å². The van der Waals surface area contributed by atoms with Crippen molar-refractivity contribution in [2.75, 3.05) is 6.61 Å². The summed E-state index contributed by atoms with van der Waals surface area (Å²) in [6.45, 7) is 5.82. The van der Waals surface area contributed by atoms with Crippen molar-refractivity contribution in [3.63, 3.8) is 0 Å². The van der Waals surface area contributed by atoms with Gasteiger partial charge in [0.15, 0.2) is 0 Å². The molecule has 0 aliphatic carbocycles. The minimum atomic E-state index is -1.22. The zero-order valence-corrected chi connectivity index (χ0v) is 14.3. The second-order valence-electron chi connectivity index (χ2n) is 4.87. The molecule has 7 nitrogen and oxygen atoms in total. The highest BCUT2D eigenvalue weighted by molar-refractivity contribution is 6.44. The van der Waals surface area contributed by atoms with E-state index in [1.54, 1.807) is 13.8 Å². The Labute approximate surface area is 139 Å². The Hall–Kier alpha value is -1.34. The molecule has 1 aromatic rings. The molecule has 0 unspecified atom stereocenters. The molecule has 0 aromatic carbocycles. The van der Waals surface area contributed by atoms with Crippen LogP contribution in [0.25, 0.3) is 0 Å². The molecule has 0 saturated carbocycles. The molecule has 0 radical (unpaired) electrons. The fraction of sp³-hybridized carbons (Fsp3) is 0.692. The number of carbonyl (C=O) groups is 2. The summed E-state index contributed by atoms with van der Waals surface area (Å²) in [5, 5.41) is 10.2. The Morgan fingerprint density at radius 2 is 2.14 bits per heavy atom. The summed E-state index contributed by atoms with van der Waals surface area (Å²) < 4.78 is 6.47. The predicted molar refractivity (Wildman–Crippen MR) is 82.9 cm³/mol. The van der Waals surface area contributed by atoms with Gasteiger partial charge in [0.05, 0.1) is 12.8 Å². The van der Waals surface area contributed by atoms with Crippen molar-refractivity contribution in [3.8, 4) is 0 Å². The van der Waals surface area contributed by atoms with E-state index in [1.807, 2.05) is 6.92 Å². The Kier molecular flexibility index (Phi) is 7.09. The number of nitrogens with zero attached hydrogens (tertiary/aromatic N) is 3. The molecular formula is C13H20Cl2N4O3. The summed E-state index contributed by atoms with van der Waals surface area (Å²) in [4.78, 5) is 23.9. The Morgan fingerprint density at radius 3 is 2.68 bits per heavy atom. The lowest BCUT2D eigenvalue weighted by atomic mass is 9.96. The van der Waals surface area contributed by atoms with Crippen molar-refractivity contribution >= 4 is 35.1 Å². The second-order valence-corrected chi connectivity index (χ2v) is 6.15. The average Bonchev–Trinajstić information content (AvgIpc) is 2.94. The van der Waals surface area contributed by atoms with Gasteiger partial charge in [-0.1, -0.05) is 5.21 Å². The summed E-state index contributed by atoms with van der Waals surface area (Å²) in [5.74, 6) is -0.990. The Bertz CT molecular complexity index is 521. The molecule has 0 fully saturated rings. The summed E-state index contributed by atoms with van der Waals surface area (Å²) in [7, 11) is 0. The standard InChI is InChI=1S/C13H20Cl2N4O3/c1-4-19-9(8-16-18-19)11(20)17-13(3,7-6-10(14)15)12(21)22-5-2/h8,10H,4-7H2,1-3H3,(H,17,20)/t13-/m0/s1. The van der Waals surface area contributed by atoms with Crippen LogP contribution in [-0.4, -0.2) is 43.9 Å². The largest absolute Gasteiger partial charge is 0.464 e. The third-order valence-electron chi connectivity index (χ3n) is 3.13. The number of ether oxygens (including phenoxy) is 1. The third-order valence-corrected chi connectivity index (χ3v) is 3.56. The first-order valence-corrected chi connectivity index (χ1v) is 7.87. The first-order valence-electron chi connectivity index (χ1n) is 7.00. The molecule has 0 spiro atoms. The maximum absolute atomic E-state index is 12.4. The van der Waals surface area contributed by atoms with Gasteiger partial charge in [0.2, 0.25) is 0 Å². The number of nitrogens with one attached hydrogen (secondary N) is 1. The zero-order valence-electron chi connectivity index (χ0n) is 12.8. The van der Waals surface area contributed by atoms with Crippen molar-refractivity contribution in [1.29, 1.82) is 0 Å². The fourth-order valence-corrected chi connectivity index (χ4v) is 2.10. The number of alkyl halides is 2. The van der Waals surface area contributed by atoms with Gasteiger partial charge in [-0.25, -0.2) is 9.48 Å². The Morgan fingerprint density at radius 1 is 1.45 bits per heavy atom. The van der Waals surface area contributed by atoms with Crippen molar-refractivity contribution < 1.29 is 14.3 Å². The SMILES string of the molecule is CCOC(=O)[C@](C)(CCC(Cl)Cl)NC(=O)c1cnnn1CC. The minimum absolute atomic E-state index is 0.212. The molecular weight excluding hydrogens is 331 g/mol. The molecule has 124 valence electrons. The summed E-state index contributed by atoms with van der Waals surface area (Å²) >= 11 is 11.5. The van der Waals surface area contributed by atoms with Gasteiger partial charge in [0.25, 0.3) is 5.91 Å². The topological polar surface area (TPSA) is 86.1 Å². The molecule has 9 heteroatoms. The molecule has 1 atom stereocenters. The third kappa shape index (κ3) is 4.84. The van der Waals surface area contributed by atoms with E-state index in [4.69, 9.17) is 27.9 Å². The van der Waals surface area contributed by atoms with Crippen molar-refractivity contribution in [1.82, 2.24) is 20.3 Å². The summed E-state index contributed by atoms with van der Waals surface area (Å²) in [5.41, 5.74) is -0.955. The molecule has 0 aliphatic heterocycles. The lowest BCUT2D eigenvalue weighted by molar-refractivity contribution is -0.150. The maximum atomic E-state index is 12.4. The number of rotatable bonds is 8. The summed E-state index contributed by atoms with van der Waals surface area (Å²) in [6, 6.07) is 0. The molecule has 22 heavy (non-hydrogen) atoms. The fourth-order valence-electron chi connectivity index (χ4n) is 1.89. The molecule has 1 aromatic heterocycles. The molecule has 0 aliphatic rings. The highest BCUT2D eigenvalue weighted by atomic mass is 35.5. The van der Waals surface area contributed by atoms with Crippen LogP contribution >= 0.6 is 23.2 Å². The monoisotopic (exact) mass is 350 g/mol. The van der Waals surface area contributed by atoms with E-state index in [2.05, 4.69) is 15.6 Å². The molecule has 1 amide bonds. The highest BCUT2D eigenvalue weighted by Gasteiger charge is 2.37. The first kappa shape index (κ1) is 18.7. The molecule has 0 saturated heterocycles. The van der Waals surface area contributed by atoms with E-state index >= 15 is 0 Å². The van der Waals surface area contributed by atoms with E-state index in [1.165, 1.54) is 10.9 Å². The van der Waals surface area contributed by atoms with Gasteiger partial charge in [-0.15, -0.1) is 28.3 Å². The average molecular weight is 351 g/mol. The van der Waals surface area contributed by atoms with E-state index in [0.717, 1.165) is 0 Å². The molecule has 1 N–H and O–H groups in total. The van der Waals surface area contributed by atoms with Crippen LogP contribution in [0.5, 0.6) is 0 Å². The van der Waals surface area contributed by atoms with Crippen LogP contribution in [-0.2, 0) is 16.1 Å². The highest BCUT2D eigenvalue weighted by Crippen LogP contribution is 2.21. The van der Waals surface area contributed by atoms with Gasteiger partial charge in [-0.3, -0.25) is 4.79 Å². The van der Waals surface area contributed by atoms with Gasteiger partial charge in [0.1, 0.15) is 16.1 Å². The lowest BCUT2D eigenvalue weighted by Gasteiger charge is -2.28. The van der Waals surface area contributed by atoms with Gasteiger partial charge in [-0.2, -0.15) is 0 Å². The second kappa shape index (κ2) is 8.33. The van der Waals surface area contributed by atoms with Crippen molar-refractivity contribution in [2.24, 2.45) is 0 Å². The van der Waals surface area contributed by atoms with Crippen molar-refractivity contribution in [3.05, 3.63) is 11.9 Å². The number of hydrogen-bond donors (Lipinski definition) is 1. The number of carbonyl (C=O) groups excluding carboxylic acids is 2. The van der Waals surface area contributed by atoms with Gasteiger partial charge in [0, 0.05) is 6.54 Å². The van der Waals surface area contributed by atoms with Crippen LogP contribution in [0.4, 0.5) is 0 Å².